The molecule has 1 aromatic carbocycles. The number of benzene rings is 1. The van der Waals surface area contributed by atoms with Gasteiger partial charge in [-0.3, -0.25) is 9.59 Å². The molecule has 7 nitrogen and oxygen atoms in total. The Kier molecular flexibility index (Phi) is 6.54. The zero-order valence-electron chi connectivity index (χ0n) is 16.7. The Morgan fingerprint density at radius 1 is 1.14 bits per heavy atom. The van der Waals surface area contributed by atoms with Crippen LogP contribution >= 0.6 is 0 Å². The van der Waals surface area contributed by atoms with E-state index >= 15 is 0 Å². The number of piperidine rings is 1. The maximum atomic E-state index is 12.6. The quantitative estimate of drug-likeness (QED) is 0.815. The van der Waals surface area contributed by atoms with Gasteiger partial charge >= 0.3 is 6.03 Å². The van der Waals surface area contributed by atoms with Gasteiger partial charge in [0.2, 0.25) is 11.8 Å². The van der Waals surface area contributed by atoms with Crippen LogP contribution in [0.3, 0.4) is 0 Å². The van der Waals surface area contributed by atoms with Gasteiger partial charge in [0.25, 0.3) is 0 Å². The molecule has 0 aromatic heterocycles. The maximum absolute atomic E-state index is 12.6. The fourth-order valence-electron chi connectivity index (χ4n) is 3.89. The number of carbonyl (C=O) groups is 3. The van der Waals surface area contributed by atoms with Crippen LogP contribution in [0.15, 0.2) is 24.3 Å². The Bertz CT molecular complexity index is 711. The van der Waals surface area contributed by atoms with Crippen LogP contribution in [0.5, 0.6) is 0 Å². The van der Waals surface area contributed by atoms with E-state index < -0.39 is 0 Å². The van der Waals surface area contributed by atoms with Gasteiger partial charge in [-0.05, 0) is 50.8 Å². The Labute approximate surface area is 166 Å². The fraction of sp³-hybridized carbons (Fsp3) is 0.571. The smallest absolute Gasteiger partial charge is 0.317 e. The van der Waals surface area contributed by atoms with Gasteiger partial charge in [-0.15, -0.1) is 0 Å². The first-order valence-electron chi connectivity index (χ1n) is 10.2. The molecule has 1 unspecified atom stereocenters. The third kappa shape index (κ3) is 4.64. The SMILES string of the molecule is CCNC(=O)C1CCN(C(=O)NC(C)c2ccc(N3CCCC3=O)cc2)CC1. The molecule has 3 rings (SSSR count). The molecular weight excluding hydrogens is 356 g/mol. The van der Waals surface area contributed by atoms with E-state index in [2.05, 4.69) is 10.6 Å². The molecule has 1 aromatic rings. The lowest BCUT2D eigenvalue weighted by Crippen LogP contribution is -2.47. The molecule has 0 aliphatic carbocycles. The highest BCUT2D eigenvalue weighted by atomic mass is 16.2. The summed E-state index contributed by atoms with van der Waals surface area (Å²) in [6, 6.07) is 7.59. The van der Waals surface area contributed by atoms with E-state index in [9.17, 15) is 14.4 Å². The second-order valence-corrected chi connectivity index (χ2v) is 7.57. The predicted octanol–water partition coefficient (Wildman–Crippen LogP) is 2.43. The van der Waals surface area contributed by atoms with E-state index in [1.807, 2.05) is 43.0 Å². The molecule has 1 atom stereocenters. The molecule has 152 valence electrons. The lowest BCUT2D eigenvalue weighted by atomic mass is 9.96. The van der Waals surface area contributed by atoms with Gasteiger partial charge in [-0.25, -0.2) is 4.79 Å². The van der Waals surface area contributed by atoms with Crippen LogP contribution in [0.2, 0.25) is 0 Å². The second-order valence-electron chi connectivity index (χ2n) is 7.57. The van der Waals surface area contributed by atoms with Crippen molar-refractivity contribution in [3.8, 4) is 0 Å². The van der Waals surface area contributed by atoms with Crippen LogP contribution in [0.4, 0.5) is 10.5 Å². The van der Waals surface area contributed by atoms with Gasteiger partial charge in [-0.2, -0.15) is 0 Å². The van der Waals surface area contributed by atoms with E-state index in [-0.39, 0.29) is 29.8 Å². The molecule has 2 aliphatic heterocycles. The fourth-order valence-corrected chi connectivity index (χ4v) is 3.89. The number of carbonyl (C=O) groups excluding carboxylic acids is 3. The Hall–Kier alpha value is -2.57. The molecule has 0 bridgehead atoms. The Balaban J connectivity index is 1.50. The van der Waals surface area contributed by atoms with E-state index in [0.29, 0.717) is 38.9 Å². The van der Waals surface area contributed by atoms with Gasteiger partial charge in [0.05, 0.1) is 6.04 Å². The van der Waals surface area contributed by atoms with Crippen LogP contribution in [0, 0.1) is 5.92 Å². The van der Waals surface area contributed by atoms with Gasteiger partial charge in [0, 0.05) is 44.2 Å². The minimum absolute atomic E-state index is 0.00210. The van der Waals surface area contributed by atoms with Gasteiger partial charge in [-0.1, -0.05) is 12.1 Å². The number of amides is 4. The third-order valence-corrected chi connectivity index (χ3v) is 5.62. The second kappa shape index (κ2) is 9.08. The molecule has 0 saturated carbocycles. The topological polar surface area (TPSA) is 81.8 Å². The first-order valence-corrected chi connectivity index (χ1v) is 10.2. The van der Waals surface area contributed by atoms with Crippen LogP contribution < -0.4 is 15.5 Å². The number of rotatable bonds is 5. The first kappa shape index (κ1) is 20.2. The van der Waals surface area contributed by atoms with E-state index in [1.165, 1.54) is 0 Å². The summed E-state index contributed by atoms with van der Waals surface area (Å²) in [4.78, 5) is 39.9. The van der Waals surface area contributed by atoms with Gasteiger partial charge in [0.1, 0.15) is 0 Å². The summed E-state index contributed by atoms with van der Waals surface area (Å²) in [6.45, 7) is 6.47. The predicted molar refractivity (Wildman–Crippen MR) is 108 cm³/mol. The Morgan fingerprint density at radius 2 is 1.82 bits per heavy atom. The van der Waals surface area contributed by atoms with Crippen molar-refractivity contribution in [3.63, 3.8) is 0 Å². The van der Waals surface area contributed by atoms with Crippen LogP contribution in [-0.2, 0) is 9.59 Å². The van der Waals surface area contributed by atoms with Crippen molar-refractivity contribution in [2.24, 2.45) is 5.92 Å². The number of hydrogen-bond donors (Lipinski definition) is 2. The molecule has 2 saturated heterocycles. The normalized spacial score (nSPS) is 18.9. The molecule has 7 heteroatoms. The minimum atomic E-state index is -0.128. The van der Waals surface area contributed by atoms with E-state index in [1.54, 1.807) is 4.90 Å². The average molecular weight is 386 g/mol. The molecule has 2 aliphatic rings. The molecule has 2 fully saturated rings. The molecular formula is C21H30N4O3. The van der Waals surface area contributed by atoms with Crippen molar-refractivity contribution in [2.45, 2.75) is 45.6 Å². The molecule has 2 N–H and O–H groups in total. The molecule has 0 radical (unpaired) electrons. The number of likely N-dealkylation sites (tertiary alicyclic amines) is 1. The van der Waals surface area contributed by atoms with E-state index in [0.717, 1.165) is 24.2 Å². The highest BCUT2D eigenvalue weighted by Gasteiger charge is 2.27. The highest BCUT2D eigenvalue weighted by molar-refractivity contribution is 5.95. The summed E-state index contributed by atoms with van der Waals surface area (Å²) in [5, 5.41) is 5.90. The van der Waals surface area contributed by atoms with Crippen molar-refractivity contribution in [1.29, 1.82) is 0 Å². The number of anilines is 1. The first-order chi connectivity index (χ1) is 13.5. The maximum Gasteiger partial charge on any atom is 0.317 e. The minimum Gasteiger partial charge on any atom is -0.356 e. The highest BCUT2D eigenvalue weighted by Crippen LogP contribution is 2.24. The summed E-state index contributed by atoms with van der Waals surface area (Å²) in [5.74, 6) is 0.264. The zero-order chi connectivity index (χ0) is 20.1. The van der Waals surface area contributed by atoms with Crippen molar-refractivity contribution in [1.82, 2.24) is 15.5 Å². The van der Waals surface area contributed by atoms with E-state index in [4.69, 9.17) is 0 Å². The van der Waals surface area contributed by atoms with Gasteiger partial charge < -0.3 is 20.4 Å². The lowest BCUT2D eigenvalue weighted by molar-refractivity contribution is -0.126. The summed E-state index contributed by atoms with van der Waals surface area (Å²) >= 11 is 0. The van der Waals surface area contributed by atoms with Crippen LogP contribution in [0.25, 0.3) is 0 Å². The largest absolute Gasteiger partial charge is 0.356 e. The van der Waals surface area contributed by atoms with Crippen LogP contribution in [0.1, 0.15) is 51.1 Å². The van der Waals surface area contributed by atoms with Crippen molar-refractivity contribution in [3.05, 3.63) is 29.8 Å². The van der Waals surface area contributed by atoms with Crippen molar-refractivity contribution < 1.29 is 14.4 Å². The van der Waals surface area contributed by atoms with Crippen molar-refractivity contribution >= 4 is 23.5 Å². The molecule has 4 amide bonds. The van der Waals surface area contributed by atoms with Crippen molar-refractivity contribution in [2.75, 3.05) is 31.1 Å². The molecule has 28 heavy (non-hydrogen) atoms. The van der Waals surface area contributed by atoms with Gasteiger partial charge in [0.15, 0.2) is 0 Å². The lowest BCUT2D eigenvalue weighted by Gasteiger charge is -2.32. The molecule has 0 spiro atoms. The number of hydrogen-bond acceptors (Lipinski definition) is 3. The summed E-state index contributed by atoms with van der Waals surface area (Å²) in [7, 11) is 0. The standard InChI is InChI=1S/C21H30N4O3/c1-3-22-20(27)17-10-13-24(14-11-17)21(28)23-15(2)16-6-8-18(9-7-16)25-12-4-5-19(25)26/h6-9,15,17H,3-5,10-14H2,1-2H3,(H,22,27)(H,23,28). The monoisotopic (exact) mass is 386 g/mol. The zero-order valence-corrected chi connectivity index (χ0v) is 16.7. The molecule has 2 heterocycles. The van der Waals surface area contributed by atoms with Crippen LogP contribution in [-0.4, -0.2) is 48.9 Å². The number of urea groups is 1. The summed E-state index contributed by atoms with van der Waals surface area (Å²) in [6.07, 6.45) is 2.92. The number of nitrogens with zero attached hydrogens (tertiary/aromatic N) is 2. The summed E-state index contributed by atoms with van der Waals surface area (Å²) < 4.78 is 0. The third-order valence-electron chi connectivity index (χ3n) is 5.62. The Morgan fingerprint density at radius 3 is 2.39 bits per heavy atom. The average Bonchev–Trinajstić information content (AvgIpc) is 3.14. The number of nitrogens with one attached hydrogen (secondary N) is 2. The summed E-state index contributed by atoms with van der Waals surface area (Å²) in [5.41, 5.74) is 1.91.